The molecule has 0 radical (unpaired) electrons. The Labute approximate surface area is 137 Å². The van der Waals surface area contributed by atoms with Crippen molar-refractivity contribution in [2.75, 3.05) is 7.11 Å². The molecule has 0 fully saturated rings. The van der Waals surface area contributed by atoms with E-state index < -0.39 is 9.84 Å². The van der Waals surface area contributed by atoms with Gasteiger partial charge in [-0.3, -0.25) is 0 Å². The molecule has 0 N–H and O–H groups in total. The van der Waals surface area contributed by atoms with Gasteiger partial charge in [0.2, 0.25) is 9.84 Å². The largest absolute Gasteiger partial charge is 0.497 e. The topological polar surface area (TPSA) is 52.6 Å². The molecule has 0 saturated heterocycles. The van der Waals surface area contributed by atoms with E-state index >= 15 is 0 Å². The molecule has 2 aromatic rings. The van der Waals surface area contributed by atoms with Crippen LogP contribution in [0.15, 0.2) is 52.3 Å². The second-order valence-electron chi connectivity index (χ2n) is 6.31. The summed E-state index contributed by atoms with van der Waals surface area (Å²) in [4.78, 5) is 0.556. The van der Waals surface area contributed by atoms with E-state index in [0.717, 1.165) is 24.2 Å². The van der Waals surface area contributed by atoms with Gasteiger partial charge in [0.1, 0.15) is 17.1 Å². The summed E-state index contributed by atoms with van der Waals surface area (Å²) in [5, 5.41) is 0. The summed E-state index contributed by atoms with van der Waals surface area (Å²) in [5.74, 6) is 1.40. The van der Waals surface area contributed by atoms with Crippen molar-refractivity contribution in [1.29, 1.82) is 0 Å². The number of sulfone groups is 1. The number of hydrogen-bond acceptors (Lipinski definition) is 4. The first-order valence-electron chi connectivity index (χ1n) is 7.53. The number of fused-ring (bicyclic) bond motifs is 1. The highest BCUT2D eigenvalue weighted by atomic mass is 32.2. The van der Waals surface area contributed by atoms with E-state index in [4.69, 9.17) is 9.47 Å². The Hall–Kier alpha value is -2.01. The van der Waals surface area contributed by atoms with Crippen LogP contribution in [0.25, 0.3) is 0 Å². The van der Waals surface area contributed by atoms with Crippen molar-refractivity contribution in [2.45, 2.75) is 42.1 Å². The molecule has 1 aliphatic heterocycles. The number of aryl methyl sites for hydroxylation is 1. The summed E-state index contributed by atoms with van der Waals surface area (Å²) >= 11 is 0. The average Bonchev–Trinajstić information content (AvgIpc) is 2.53. The molecule has 0 amide bonds. The van der Waals surface area contributed by atoms with Crippen LogP contribution in [0.2, 0.25) is 0 Å². The first-order chi connectivity index (χ1) is 10.8. The number of hydrogen-bond donors (Lipinski definition) is 0. The maximum atomic E-state index is 12.8. The Bertz CT molecular complexity index is 821. The summed E-state index contributed by atoms with van der Waals surface area (Å²) in [6.45, 7) is 4.08. The minimum atomic E-state index is -3.54. The lowest BCUT2D eigenvalue weighted by atomic mass is 9.94. The Morgan fingerprint density at radius 1 is 1.04 bits per heavy atom. The fraction of sp³-hybridized carbons (Fsp3) is 0.333. The van der Waals surface area contributed by atoms with E-state index in [-0.39, 0.29) is 10.5 Å². The lowest BCUT2D eigenvalue weighted by molar-refractivity contribution is 0.0845. The lowest BCUT2D eigenvalue weighted by Gasteiger charge is -2.32. The second kappa shape index (κ2) is 5.57. The quantitative estimate of drug-likeness (QED) is 0.861. The van der Waals surface area contributed by atoms with Crippen molar-refractivity contribution >= 4 is 9.84 Å². The van der Waals surface area contributed by atoms with Crippen LogP contribution >= 0.6 is 0 Å². The summed E-state index contributed by atoms with van der Waals surface area (Å²) in [5.41, 5.74) is 0.738. The Kier molecular flexibility index (Phi) is 3.84. The molecule has 4 nitrogen and oxygen atoms in total. The predicted molar refractivity (Wildman–Crippen MR) is 87.9 cm³/mol. The maximum absolute atomic E-state index is 12.8. The fourth-order valence-corrected chi connectivity index (χ4v) is 4.00. The molecule has 0 saturated carbocycles. The molecule has 1 aliphatic rings. The van der Waals surface area contributed by atoms with Gasteiger partial charge in [-0.1, -0.05) is 0 Å². The van der Waals surface area contributed by atoms with Crippen LogP contribution in [0.4, 0.5) is 0 Å². The fourth-order valence-electron chi connectivity index (χ4n) is 2.69. The van der Waals surface area contributed by atoms with Crippen molar-refractivity contribution in [3.63, 3.8) is 0 Å². The Morgan fingerprint density at radius 2 is 1.70 bits per heavy atom. The van der Waals surface area contributed by atoms with Crippen LogP contribution < -0.4 is 9.47 Å². The van der Waals surface area contributed by atoms with Crippen LogP contribution in [-0.4, -0.2) is 21.1 Å². The molecule has 3 rings (SSSR count). The third-order valence-electron chi connectivity index (χ3n) is 4.09. The lowest BCUT2D eigenvalue weighted by Crippen LogP contribution is -2.32. The van der Waals surface area contributed by atoms with E-state index in [1.165, 1.54) is 0 Å². The standard InChI is InChI=1S/C18H20O4S/c1-18(2)11-10-13-12-16(8-9-17(13)22-18)23(19,20)15-6-4-14(21-3)5-7-15/h4-9,12H,10-11H2,1-3H3. The van der Waals surface area contributed by atoms with Crippen LogP contribution in [0.3, 0.4) is 0 Å². The van der Waals surface area contributed by atoms with Gasteiger partial charge in [-0.15, -0.1) is 0 Å². The molecule has 0 unspecified atom stereocenters. The zero-order chi connectivity index (χ0) is 16.7. The average molecular weight is 332 g/mol. The van der Waals surface area contributed by atoms with Crippen molar-refractivity contribution < 1.29 is 17.9 Å². The molecule has 2 aromatic carbocycles. The van der Waals surface area contributed by atoms with Crippen molar-refractivity contribution in [3.05, 3.63) is 48.0 Å². The summed E-state index contributed by atoms with van der Waals surface area (Å²) in [6, 6.07) is 11.5. The maximum Gasteiger partial charge on any atom is 0.206 e. The van der Waals surface area contributed by atoms with E-state index in [2.05, 4.69) is 0 Å². The number of ether oxygens (including phenoxy) is 2. The summed E-state index contributed by atoms with van der Waals surface area (Å²) in [7, 11) is -1.99. The summed E-state index contributed by atoms with van der Waals surface area (Å²) in [6.07, 6.45) is 1.68. The minimum Gasteiger partial charge on any atom is -0.497 e. The first kappa shape index (κ1) is 15.9. The van der Waals surface area contributed by atoms with Crippen molar-refractivity contribution in [2.24, 2.45) is 0 Å². The van der Waals surface area contributed by atoms with Crippen LogP contribution in [0, 0.1) is 0 Å². The van der Waals surface area contributed by atoms with Gasteiger partial charge in [-0.2, -0.15) is 0 Å². The molecule has 0 bridgehead atoms. The molecule has 0 aliphatic carbocycles. The SMILES string of the molecule is COc1ccc(S(=O)(=O)c2ccc3c(c2)CCC(C)(C)O3)cc1. The highest BCUT2D eigenvalue weighted by molar-refractivity contribution is 7.91. The van der Waals surface area contributed by atoms with Gasteiger partial charge in [0.25, 0.3) is 0 Å². The molecule has 0 spiro atoms. The second-order valence-corrected chi connectivity index (χ2v) is 8.26. The highest BCUT2D eigenvalue weighted by Gasteiger charge is 2.28. The van der Waals surface area contributed by atoms with Gasteiger partial charge in [-0.25, -0.2) is 8.42 Å². The van der Waals surface area contributed by atoms with Gasteiger partial charge in [0, 0.05) is 0 Å². The molecule has 1 heterocycles. The molecular formula is C18H20O4S. The first-order valence-corrected chi connectivity index (χ1v) is 9.01. The van der Waals surface area contributed by atoms with Crippen LogP contribution in [0.5, 0.6) is 11.5 Å². The predicted octanol–water partition coefficient (Wildman–Crippen LogP) is 3.63. The molecule has 23 heavy (non-hydrogen) atoms. The van der Waals surface area contributed by atoms with Gasteiger partial charge < -0.3 is 9.47 Å². The molecule has 0 atom stereocenters. The zero-order valence-corrected chi connectivity index (χ0v) is 14.3. The highest BCUT2D eigenvalue weighted by Crippen LogP contribution is 2.35. The van der Waals surface area contributed by atoms with Gasteiger partial charge in [-0.05, 0) is 74.7 Å². The normalized spacial score (nSPS) is 16.3. The van der Waals surface area contributed by atoms with E-state index in [1.807, 2.05) is 13.8 Å². The minimum absolute atomic E-state index is 0.205. The smallest absolute Gasteiger partial charge is 0.206 e. The summed E-state index contributed by atoms with van der Waals surface area (Å²) < 4.78 is 36.5. The third kappa shape index (κ3) is 3.06. The monoisotopic (exact) mass is 332 g/mol. The third-order valence-corrected chi connectivity index (χ3v) is 5.86. The molecular weight excluding hydrogens is 312 g/mol. The van der Waals surface area contributed by atoms with E-state index in [0.29, 0.717) is 10.6 Å². The van der Waals surface area contributed by atoms with Crippen molar-refractivity contribution in [3.8, 4) is 11.5 Å². The number of rotatable bonds is 3. The number of benzene rings is 2. The van der Waals surface area contributed by atoms with Gasteiger partial charge in [0.05, 0.1) is 16.9 Å². The molecule has 5 heteroatoms. The van der Waals surface area contributed by atoms with Gasteiger partial charge >= 0.3 is 0 Å². The van der Waals surface area contributed by atoms with Crippen LogP contribution in [0.1, 0.15) is 25.8 Å². The van der Waals surface area contributed by atoms with E-state index in [1.54, 1.807) is 49.6 Å². The van der Waals surface area contributed by atoms with Crippen LogP contribution in [-0.2, 0) is 16.3 Å². The molecule has 122 valence electrons. The zero-order valence-electron chi connectivity index (χ0n) is 13.5. The Balaban J connectivity index is 1.97. The Morgan fingerprint density at radius 3 is 2.35 bits per heavy atom. The van der Waals surface area contributed by atoms with Gasteiger partial charge in [0.15, 0.2) is 0 Å². The number of methoxy groups -OCH3 is 1. The van der Waals surface area contributed by atoms with Crippen molar-refractivity contribution in [1.82, 2.24) is 0 Å². The van der Waals surface area contributed by atoms with E-state index in [9.17, 15) is 8.42 Å². The molecule has 0 aromatic heterocycles.